The van der Waals surface area contributed by atoms with Crippen molar-refractivity contribution in [3.63, 3.8) is 0 Å². The van der Waals surface area contributed by atoms with E-state index in [0.29, 0.717) is 17.1 Å². The van der Waals surface area contributed by atoms with Crippen LogP contribution in [-0.2, 0) is 0 Å². The number of aromatic amines is 1. The van der Waals surface area contributed by atoms with Crippen molar-refractivity contribution in [1.82, 2.24) is 15.0 Å². The highest BCUT2D eigenvalue weighted by Crippen LogP contribution is 2.43. The Morgan fingerprint density at radius 3 is 2.69 bits per heavy atom. The number of aliphatic hydroxyl groups is 1. The summed E-state index contributed by atoms with van der Waals surface area (Å²) in [6.45, 7) is 1.91. The minimum Gasteiger partial charge on any atom is -0.495 e. The van der Waals surface area contributed by atoms with Gasteiger partial charge < -0.3 is 14.8 Å². The van der Waals surface area contributed by atoms with Crippen molar-refractivity contribution in [3.05, 3.63) is 76.6 Å². The molecule has 0 amide bonds. The molecule has 0 saturated carbocycles. The molecular weight excluding hydrogens is 413 g/mol. The molecule has 0 aliphatic carbocycles. The van der Waals surface area contributed by atoms with Gasteiger partial charge in [-0.05, 0) is 42.8 Å². The topological polar surface area (TPSA) is 71.0 Å². The van der Waals surface area contributed by atoms with E-state index in [1.165, 1.54) is 24.5 Å². The number of aliphatic hydroxyl groups excluding tert-OH is 1. The van der Waals surface area contributed by atoms with Gasteiger partial charge >= 0.3 is 0 Å². The SMILES string of the molecule is COc1cc(C(O)c2cc(-c3ccnc(C)c3)sc2-c2ncc[nH]2)c(F)cc1Cl. The number of H-pyrrole nitrogens is 1. The van der Waals surface area contributed by atoms with Crippen LogP contribution >= 0.6 is 22.9 Å². The fourth-order valence-corrected chi connectivity index (χ4v) is 4.48. The first kappa shape index (κ1) is 19.6. The number of rotatable bonds is 5. The van der Waals surface area contributed by atoms with Crippen LogP contribution in [0.15, 0.2) is 48.9 Å². The maximum absolute atomic E-state index is 14.6. The van der Waals surface area contributed by atoms with Crippen LogP contribution in [-0.4, -0.2) is 27.2 Å². The van der Waals surface area contributed by atoms with E-state index in [2.05, 4.69) is 15.0 Å². The second-order valence-corrected chi connectivity index (χ2v) is 7.89. The first-order valence-corrected chi connectivity index (χ1v) is 9.95. The summed E-state index contributed by atoms with van der Waals surface area (Å²) in [7, 11) is 1.44. The van der Waals surface area contributed by atoms with Crippen molar-refractivity contribution in [2.75, 3.05) is 7.11 Å². The first-order valence-electron chi connectivity index (χ1n) is 8.75. The van der Waals surface area contributed by atoms with E-state index >= 15 is 0 Å². The molecule has 1 aromatic carbocycles. The summed E-state index contributed by atoms with van der Waals surface area (Å²) in [4.78, 5) is 13.2. The number of benzene rings is 1. The summed E-state index contributed by atoms with van der Waals surface area (Å²) in [5.41, 5.74) is 2.46. The fourth-order valence-electron chi connectivity index (χ4n) is 3.10. The van der Waals surface area contributed by atoms with E-state index in [1.54, 1.807) is 18.6 Å². The number of thiophene rings is 1. The van der Waals surface area contributed by atoms with Crippen LogP contribution in [0.5, 0.6) is 5.75 Å². The van der Waals surface area contributed by atoms with Crippen LogP contribution in [0.4, 0.5) is 4.39 Å². The van der Waals surface area contributed by atoms with Gasteiger partial charge in [0.2, 0.25) is 0 Å². The van der Waals surface area contributed by atoms with Gasteiger partial charge in [-0.1, -0.05) is 11.6 Å². The van der Waals surface area contributed by atoms with Crippen molar-refractivity contribution in [2.24, 2.45) is 0 Å². The Labute approximate surface area is 175 Å². The van der Waals surface area contributed by atoms with Crippen molar-refractivity contribution in [2.45, 2.75) is 13.0 Å². The molecule has 0 bridgehead atoms. The number of nitrogens with zero attached hydrogens (tertiary/aromatic N) is 2. The Morgan fingerprint density at radius 1 is 1.17 bits per heavy atom. The van der Waals surface area contributed by atoms with Gasteiger partial charge in [-0.2, -0.15) is 0 Å². The summed E-state index contributed by atoms with van der Waals surface area (Å²) in [5.74, 6) is 0.283. The Morgan fingerprint density at radius 2 is 2.00 bits per heavy atom. The van der Waals surface area contributed by atoms with Crippen LogP contribution < -0.4 is 4.74 Å². The molecule has 1 atom stereocenters. The molecule has 148 valence electrons. The molecule has 3 heterocycles. The summed E-state index contributed by atoms with van der Waals surface area (Å²) < 4.78 is 19.8. The smallest absolute Gasteiger partial charge is 0.147 e. The third kappa shape index (κ3) is 3.76. The second-order valence-electron chi connectivity index (χ2n) is 6.43. The van der Waals surface area contributed by atoms with Gasteiger partial charge in [0.1, 0.15) is 23.5 Å². The molecule has 0 aliphatic heterocycles. The maximum atomic E-state index is 14.6. The average molecular weight is 430 g/mol. The van der Waals surface area contributed by atoms with Crippen LogP contribution in [0.3, 0.4) is 0 Å². The van der Waals surface area contributed by atoms with E-state index < -0.39 is 11.9 Å². The molecule has 4 rings (SSSR count). The molecule has 2 N–H and O–H groups in total. The molecule has 29 heavy (non-hydrogen) atoms. The van der Waals surface area contributed by atoms with Crippen LogP contribution in [0.25, 0.3) is 21.1 Å². The third-order valence-corrected chi connectivity index (χ3v) is 6.02. The van der Waals surface area contributed by atoms with E-state index in [-0.39, 0.29) is 10.6 Å². The number of pyridine rings is 1. The third-order valence-electron chi connectivity index (χ3n) is 4.52. The predicted octanol–water partition coefficient (Wildman–Crippen LogP) is 5.39. The van der Waals surface area contributed by atoms with Crippen molar-refractivity contribution in [1.29, 1.82) is 0 Å². The zero-order valence-corrected chi connectivity index (χ0v) is 17.2. The molecule has 0 aliphatic rings. The average Bonchev–Trinajstić information content (AvgIpc) is 3.37. The summed E-state index contributed by atoms with van der Waals surface area (Å²) in [5, 5.41) is 11.2. The van der Waals surface area contributed by atoms with E-state index in [1.807, 2.05) is 25.1 Å². The number of hydrogen-bond donors (Lipinski definition) is 2. The first-order chi connectivity index (χ1) is 14.0. The number of hydrogen-bond acceptors (Lipinski definition) is 5. The molecule has 3 aromatic heterocycles. The lowest BCUT2D eigenvalue weighted by Gasteiger charge is -2.14. The highest BCUT2D eigenvalue weighted by molar-refractivity contribution is 7.19. The normalized spacial score (nSPS) is 12.2. The monoisotopic (exact) mass is 429 g/mol. The molecule has 0 radical (unpaired) electrons. The number of aryl methyl sites for hydroxylation is 1. The molecular formula is C21H17ClFN3O2S. The van der Waals surface area contributed by atoms with Gasteiger partial charge in [-0.25, -0.2) is 9.37 Å². The molecule has 1 unspecified atom stereocenters. The van der Waals surface area contributed by atoms with E-state index in [9.17, 15) is 9.50 Å². The number of methoxy groups -OCH3 is 1. The summed E-state index contributed by atoms with van der Waals surface area (Å²) >= 11 is 7.46. The zero-order valence-electron chi connectivity index (χ0n) is 15.6. The Bertz CT molecular complexity index is 1160. The van der Waals surface area contributed by atoms with Crippen LogP contribution in [0.2, 0.25) is 5.02 Å². The van der Waals surface area contributed by atoms with Crippen molar-refractivity contribution >= 4 is 22.9 Å². The number of ether oxygens (including phenoxy) is 1. The number of halogens is 2. The van der Waals surface area contributed by atoms with Gasteiger partial charge in [-0.15, -0.1) is 11.3 Å². The van der Waals surface area contributed by atoms with Gasteiger partial charge in [0.05, 0.1) is 17.0 Å². The lowest BCUT2D eigenvalue weighted by atomic mass is 10.00. The van der Waals surface area contributed by atoms with Gasteiger partial charge in [0.25, 0.3) is 0 Å². The summed E-state index contributed by atoms with van der Waals surface area (Å²) in [6.07, 6.45) is 3.84. The number of aromatic nitrogens is 3. The zero-order chi connectivity index (χ0) is 20.5. The minimum absolute atomic E-state index is 0.0781. The van der Waals surface area contributed by atoms with Gasteiger partial charge in [-0.3, -0.25) is 4.98 Å². The molecule has 0 saturated heterocycles. The largest absolute Gasteiger partial charge is 0.495 e. The molecule has 8 heteroatoms. The van der Waals surface area contributed by atoms with E-state index in [4.69, 9.17) is 16.3 Å². The highest BCUT2D eigenvalue weighted by Gasteiger charge is 2.25. The predicted molar refractivity (Wildman–Crippen MR) is 112 cm³/mol. The lowest BCUT2D eigenvalue weighted by Crippen LogP contribution is -2.04. The molecule has 5 nitrogen and oxygen atoms in total. The van der Waals surface area contributed by atoms with Gasteiger partial charge in [0.15, 0.2) is 0 Å². The minimum atomic E-state index is -1.23. The molecule has 0 fully saturated rings. The van der Waals surface area contributed by atoms with Crippen molar-refractivity contribution < 1.29 is 14.2 Å². The van der Waals surface area contributed by atoms with E-state index in [0.717, 1.165) is 27.1 Å². The van der Waals surface area contributed by atoms with Gasteiger partial charge in [0, 0.05) is 40.3 Å². The standard InChI is InChI=1S/C21H17ClFN3O2S/c1-11-7-12(3-4-24-11)18-9-14(20(29-18)21-25-5-6-26-21)19(27)13-8-17(28-2)15(22)10-16(13)23/h3-10,19,27H,1-2H3,(H,25,26). The van der Waals surface area contributed by atoms with Crippen molar-refractivity contribution in [3.8, 4) is 26.9 Å². The molecule has 0 spiro atoms. The maximum Gasteiger partial charge on any atom is 0.147 e. The summed E-state index contributed by atoms with van der Waals surface area (Å²) in [6, 6.07) is 8.27. The van der Waals surface area contributed by atoms with Crippen LogP contribution in [0.1, 0.15) is 22.9 Å². The second kappa shape index (κ2) is 7.94. The fraction of sp³-hybridized carbons (Fsp3) is 0.143. The highest BCUT2D eigenvalue weighted by atomic mass is 35.5. The quantitative estimate of drug-likeness (QED) is 0.446. The Kier molecular flexibility index (Phi) is 5.36. The number of nitrogens with one attached hydrogen (secondary N) is 1. The lowest BCUT2D eigenvalue weighted by molar-refractivity contribution is 0.215. The number of imidazole rings is 1. The Balaban J connectivity index is 1.86. The molecule has 4 aromatic rings. The Hall–Kier alpha value is -2.74. The van der Waals surface area contributed by atoms with Crippen LogP contribution in [0, 0.1) is 12.7 Å².